The zero-order chi connectivity index (χ0) is 21.4. The molecule has 1 atom stereocenters. The van der Waals surface area contributed by atoms with Gasteiger partial charge in [0.25, 0.3) is 0 Å². The number of thioether (sulfide) groups is 2. The van der Waals surface area contributed by atoms with Gasteiger partial charge in [-0.15, -0.1) is 22.0 Å². The Hall–Kier alpha value is -1.67. The highest BCUT2D eigenvalue weighted by atomic mass is 32.2. The van der Waals surface area contributed by atoms with E-state index >= 15 is 0 Å². The van der Waals surface area contributed by atoms with E-state index in [1.54, 1.807) is 11.8 Å². The molecular weight excluding hydrogens is 426 g/mol. The molecular formula is C23H31N5OS2. The van der Waals surface area contributed by atoms with Crippen molar-refractivity contribution in [3.63, 3.8) is 0 Å². The molecule has 2 aromatic rings. The SMILES string of the molecule is CC1CCN(c2nnc(SCC(=O)N3CCC(C)Sc4ccccc43)n2C2CC2)CC1. The smallest absolute Gasteiger partial charge is 0.237 e. The molecule has 0 bridgehead atoms. The number of nitrogens with zero attached hydrogens (tertiary/aromatic N) is 5. The summed E-state index contributed by atoms with van der Waals surface area (Å²) in [7, 11) is 0. The maximum absolute atomic E-state index is 13.3. The molecule has 2 fully saturated rings. The lowest BCUT2D eigenvalue weighted by atomic mass is 10.00. The third kappa shape index (κ3) is 4.60. The Morgan fingerprint density at radius 3 is 2.61 bits per heavy atom. The number of hydrogen-bond donors (Lipinski definition) is 0. The average molecular weight is 458 g/mol. The highest BCUT2D eigenvalue weighted by Crippen LogP contribution is 2.42. The molecule has 8 heteroatoms. The van der Waals surface area contributed by atoms with Crippen molar-refractivity contribution < 1.29 is 4.79 Å². The zero-order valence-corrected chi connectivity index (χ0v) is 20.0. The minimum Gasteiger partial charge on any atom is -0.341 e. The van der Waals surface area contributed by atoms with Gasteiger partial charge in [0.05, 0.1) is 11.4 Å². The maximum Gasteiger partial charge on any atom is 0.237 e. The van der Waals surface area contributed by atoms with E-state index in [0.29, 0.717) is 17.0 Å². The van der Waals surface area contributed by atoms with Crippen LogP contribution in [0.15, 0.2) is 34.3 Å². The van der Waals surface area contributed by atoms with Gasteiger partial charge in [0, 0.05) is 35.8 Å². The lowest BCUT2D eigenvalue weighted by Gasteiger charge is -2.31. The standard InChI is InChI=1S/C23H31N5OS2/c1-16-9-12-26(13-10-16)22-24-25-23(28(22)18-7-8-18)30-15-21(29)27-14-11-17(2)31-20-6-4-3-5-19(20)27/h3-6,16-18H,7-15H2,1-2H3. The first-order valence-electron chi connectivity index (χ1n) is 11.5. The molecule has 1 saturated carbocycles. The molecule has 2 aliphatic heterocycles. The summed E-state index contributed by atoms with van der Waals surface area (Å²) >= 11 is 3.42. The van der Waals surface area contributed by atoms with Gasteiger partial charge in [0.1, 0.15) is 0 Å². The van der Waals surface area contributed by atoms with E-state index in [-0.39, 0.29) is 5.91 Å². The summed E-state index contributed by atoms with van der Waals surface area (Å²) in [5.74, 6) is 2.35. The van der Waals surface area contributed by atoms with E-state index in [9.17, 15) is 4.79 Å². The Labute approximate surface area is 193 Å². The van der Waals surface area contributed by atoms with Gasteiger partial charge in [0.15, 0.2) is 5.16 Å². The van der Waals surface area contributed by atoms with Crippen LogP contribution in [0.5, 0.6) is 0 Å². The number of piperidine rings is 1. The minimum absolute atomic E-state index is 0.158. The third-order valence-corrected chi connectivity index (χ3v) is 8.66. The average Bonchev–Trinajstić information content (AvgIpc) is 3.55. The van der Waals surface area contributed by atoms with Crippen LogP contribution in [-0.2, 0) is 4.79 Å². The second-order valence-corrected chi connectivity index (χ2v) is 11.5. The molecule has 0 N–H and O–H groups in total. The minimum atomic E-state index is 0.158. The first-order chi connectivity index (χ1) is 15.1. The summed E-state index contributed by atoms with van der Waals surface area (Å²) in [6.07, 6.45) is 5.80. The fourth-order valence-electron chi connectivity index (χ4n) is 4.39. The van der Waals surface area contributed by atoms with Gasteiger partial charge in [-0.2, -0.15) is 0 Å². The van der Waals surface area contributed by atoms with Gasteiger partial charge in [-0.1, -0.05) is 37.7 Å². The molecule has 3 aliphatic rings. The van der Waals surface area contributed by atoms with Crippen LogP contribution in [-0.4, -0.2) is 51.3 Å². The van der Waals surface area contributed by atoms with Crippen molar-refractivity contribution in [3.05, 3.63) is 24.3 Å². The molecule has 1 aromatic heterocycles. The summed E-state index contributed by atoms with van der Waals surface area (Å²) in [6, 6.07) is 8.79. The van der Waals surface area contributed by atoms with Crippen molar-refractivity contribution in [1.29, 1.82) is 0 Å². The Bertz CT molecular complexity index is 936. The fourth-order valence-corrected chi connectivity index (χ4v) is 6.38. The second-order valence-electron chi connectivity index (χ2n) is 9.07. The lowest BCUT2D eigenvalue weighted by molar-refractivity contribution is -0.116. The lowest BCUT2D eigenvalue weighted by Crippen LogP contribution is -2.35. The third-order valence-electron chi connectivity index (χ3n) is 6.49. The summed E-state index contributed by atoms with van der Waals surface area (Å²) in [4.78, 5) is 18.8. The molecule has 166 valence electrons. The Kier molecular flexibility index (Phi) is 6.19. The van der Waals surface area contributed by atoms with Gasteiger partial charge in [-0.3, -0.25) is 9.36 Å². The highest BCUT2D eigenvalue weighted by Gasteiger charge is 2.33. The van der Waals surface area contributed by atoms with Crippen molar-refractivity contribution in [2.24, 2.45) is 5.92 Å². The Balaban J connectivity index is 1.31. The fraction of sp³-hybridized carbons (Fsp3) is 0.609. The number of aromatic nitrogens is 3. The van der Waals surface area contributed by atoms with E-state index < -0.39 is 0 Å². The van der Waals surface area contributed by atoms with Gasteiger partial charge < -0.3 is 9.80 Å². The Morgan fingerprint density at radius 2 is 1.84 bits per heavy atom. The van der Waals surface area contributed by atoms with Crippen LogP contribution in [0.25, 0.3) is 0 Å². The molecule has 1 aromatic carbocycles. The van der Waals surface area contributed by atoms with Crippen molar-refractivity contribution >= 4 is 41.1 Å². The molecule has 3 heterocycles. The van der Waals surface area contributed by atoms with E-state index in [4.69, 9.17) is 0 Å². The molecule has 1 unspecified atom stereocenters. The molecule has 1 aliphatic carbocycles. The number of rotatable bonds is 5. The maximum atomic E-state index is 13.3. The predicted octanol–water partition coefficient (Wildman–Crippen LogP) is 4.86. The van der Waals surface area contributed by atoms with E-state index in [2.05, 4.69) is 51.7 Å². The molecule has 5 rings (SSSR count). The number of amides is 1. The molecule has 31 heavy (non-hydrogen) atoms. The molecule has 0 radical (unpaired) electrons. The van der Waals surface area contributed by atoms with Gasteiger partial charge in [-0.25, -0.2) is 0 Å². The van der Waals surface area contributed by atoms with Crippen LogP contribution >= 0.6 is 23.5 Å². The second kappa shape index (κ2) is 9.06. The van der Waals surface area contributed by atoms with Crippen molar-refractivity contribution in [1.82, 2.24) is 14.8 Å². The predicted molar refractivity (Wildman–Crippen MR) is 128 cm³/mol. The molecule has 0 spiro atoms. The quantitative estimate of drug-likeness (QED) is 0.598. The van der Waals surface area contributed by atoms with Crippen LogP contribution in [0.4, 0.5) is 11.6 Å². The largest absolute Gasteiger partial charge is 0.341 e. The highest BCUT2D eigenvalue weighted by molar-refractivity contribution is 8.00. The number of hydrogen-bond acceptors (Lipinski definition) is 6. The summed E-state index contributed by atoms with van der Waals surface area (Å²) in [5.41, 5.74) is 1.05. The number of carbonyl (C=O) groups excluding carboxylic acids is 1. The monoisotopic (exact) mass is 457 g/mol. The summed E-state index contributed by atoms with van der Waals surface area (Å²) in [6.45, 7) is 7.45. The number of benzene rings is 1. The van der Waals surface area contributed by atoms with Gasteiger partial charge in [-0.05, 0) is 50.2 Å². The van der Waals surface area contributed by atoms with Crippen molar-refractivity contribution in [3.8, 4) is 0 Å². The van der Waals surface area contributed by atoms with Crippen molar-refractivity contribution in [2.45, 2.75) is 67.3 Å². The van der Waals surface area contributed by atoms with Crippen LogP contribution < -0.4 is 9.80 Å². The van der Waals surface area contributed by atoms with E-state index in [0.717, 1.165) is 48.8 Å². The number of anilines is 2. The first kappa shape index (κ1) is 21.2. The molecule has 1 amide bonds. The van der Waals surface area contributed by atoms with Crippen LogP contribution in [0, 0.1) is 5.92 Å². The summed E-state index contributed by atoms with van der Waals surface area (Å²) in [5, 5.41) is 10.5. The zero-order valence-electron chi connectivity index (χ0n) is 18.4. The first-order valence-corrected chi connectivity index (χ1v) is 13.4. The van der Waals surface area contributed by atoms with Crippen LogP contribution in [0.3, 0.4) is 0 Å². The Morgan fingerprint density at radius 1 is 1.06 bits per heavy atom. The van der Waals surface area contributed by atoms with Crippen molar-refractivity contribution in [2.75, 3.05) is 35.2 Å². The molecule has 6 nitrogen and oxygen atoms in total. The molecule has 1 saturated heterocycles. The number of carbonyl (C=O) groups is 1. The van der Waals surface area contributed by atoms with Gasteiger partial charge in [0.2, 0.25) is 11.9 Å². The van der Waals surface area contributed by atoms with Crippen LogP contribution in [0.2, 0.25) is 0 Å². The van der Waals surface area contributed by atoms with Crippen LogP contribution in [0.1, 0.15) is 52.0 Å². The summed E-state index contributed by atoms with van der Waals surface area (Å²) < 4.78 is 2.31. The topological polar surface area (TPSA) is 54.3 Å². The number of fused-ring (bicyclic) bond motifs is 1. The normalized spacial score (nSPS) is 22.3. The van der Waals surface area contributed by atoms with E-state index in [1.807, 2.05) is 22.7 Å². The van der Waals surface area contributed by atoms with E-state index in [1.165, 1.54) is 30.6 Å². The number of para-hydroxylation sites is 1. The van der Waals surface area contributed by atoms with Gasteiger partial charge >= 0.3 is 0 Å².